The normalized spacial score (nSPS) is 11.3. The van der Waals surface area contributed by atoms with Crippen LogP contribution in [0.1, 0.15) is 12.0 Å². The van der Waals surface area contributed by atoms with Crippen molar-refractivity contribution in [3.63, 3.8) is 0 Å². The second-order valence-corrected chi connectivity index (χ2v) is 3.14. The van der Waals surface area contributed by atoms with Crippen LogP contribution in [0.15, 0.2) is 12.1 Å². The number of hydrogen-bond acceptors (Lipinski definition) is 0. The Kier molecular flexibility index (Phi) is 4.15. The summed E-state index contributed by atoms with van der Waals surface area (Å²) in [6.07, 6.45) is 2.67. The fraction of sp³-hybridized carbons (Fsp3) is 0.200. The zero-order valence-electron chi connectivity index (χ0n) is 7.54. The number of benzene rings is 1. The number of allylic oxidation sites excluding steroid dienone is 1. The minimum atomic E-state index is -1.42. The van der Waals surface area contributed by atoms with Gasteiger partial charge in [0.25, 0.3) is 0 Å². The van der Waals surface area contributed by atoms with Gasteiger partial charge in [-0.2, -0.15) is 0 Å². The van der Waals surface area contributed by atoms with E-state index in [-0.39, 0.29) is 11.9 Å². The van der Waals surface area contributed by atoms with E-state index in [0.29, 0.717) is 6.42 Å². The lowest BCUT2D eigenvalue weighted by molar-refractivity contribution is 0.451. The zero-order chi connectivity index (χ0) is 11.4. The highest BCUT2D eigenvalue weighted by Crippen LogP contribution is 2.20. The average Bonchev–Trinajstić information content (AvgIpc) is 2.20. The van der Waals surface area contributed by atoms with E-state index in [1.165, 1.54) is 6.08 Å². The van der Waals surface area contributed by atoms with Crippen molar-refractivity contribution in [2.24, 2.45) is 0 Å². The van der Waals surface area contributed by atoms with Gasteiger partial charge in [-0.15, -0.1) is 11.6 Å². The number of halogens is 5. The molecule has 0 aliphatic carbocycles. The summed E-state index contributed by atoms with van der Waals surface area (Å²) >= 11 is 5.32. The van der Waals surface area contributed by atoms with Gasteiger partial charge in [-0.1, -0.05) is 12.2 Å². The van der Waals surface area contributed by atoms with E-state index in [9.17, 15) is 17.6 Å². The minimum Gasteiger partial charge on any atom is -0.204 e. The second kappa shape index (κ2) is 5.16. The Balaban J connectivity index is 3.15. The predicted molar refractivity (Wildman–Crippen MR) is 50.6 cm³/mol. The molecule has 1 aromatic carbocycles. The minimum absolute atomic E-state index is 0.170. The topological polar surface area (TPSA) is 0 Å². The Morgan fingerprint density at radius 2 is 1.60 bits per heavy atom. The maximum absolute atomic E-state index is 13.0. The molecular formula is C10H7ClF4. The highest BCUT2D eigenvalue weighted by atomic mass is 35.5. The molecule has 0 unspecified atom stereocenters. The lowest BCUT2D eigenvalue weighted by atomic mass is 10.1. The van der Waals surface area contributed by atoms with Crippen LogP contribution in [-0.2, 0) is 0 Å². The van der Waals surface area contributed by atoms with E-state index in [0.717, 1.165) is 6.08 Å². The van der Waals surface area contributed by atoms with Crippen LogP contribution in [0.25, 0.3) is 6.08 Å². The second-order valence-electron chi connectivity index (χ2n) is 2.76. The van der Waals surface area contributed by atoms with Crippen molar-refractivity contribution in [2.45, 2.75) is 6.42 Å². The summed E-state index contributed by atoms with van der Waals surface area (Å²) < 4.78 is 51.4. The van der Waals surface area contributed by atoms with E-state index in [1.807, 2.05) is 0 Å². The van der Waals surface area contributed by atoms with Gasteiger partial charge in [0, 0.05) is 11.9 Å². The first-order valence-corrected chi connectivity index (χ1v) is 4.67. The summed E-state index contributed by atoms with van der Waals surface area (Å²) in [7, 11) is 0. The molecule has 82 valence electrons. The van der Waals surface area contributed by atoms with Crippen molar-refractivity contribution in [3.8, 4) is 0 Å². The van der Waals surface area contributed by atoms with E-state index >= 15 is 0 Å². The van der Waals surface area contributed by atoms with Crippen molar-refractivity contribution < 1.29 is 17.6 Å². The predicted octanol–water partition coefficient (Wildman–Crippen LogP) is 3.89. The smallest absolute Gasteiger partial charge is 0.169 e. The summed E-state index contributed by atoms with van der Waals surface area (Å²) in [5.74, 6) is -5.38. The Bertz CT molecular complexity index is 361. The Morgan fingerprint density at radius 3 is 2.07 bits per heavy atom. The van der Waals surface area contributed by atoms with Gasteiger partial charge in [-0.3, -0.25) is 0 Å². The fourth-order valence-corrected chi connectivity index (χ4v) is 1.13. The number of hydrogen-bond donors (Lipinski definition) is 0. The van der Waals surface area contributed by atoms with Gasteiger partial charge in [-0.25, -0.2) is 17.6 Å². The summed E-state index contributed by atoms with van der Waals surface area (Å²) in [6.45, 7) is 0. The van der Waals surface area contributed by atoms with Crippen molar-refractivity contribution in [1.82, 2.24) is 0 Å². The zero-order valence-corrected chi connectivity index (χ0v) is 8.29. The summed E-state index contributed by atoms with van der Waals surface area (Å²) in [4.78, 5) is 0. The van der Waals surface area contributed by atoms with Crippen LogP contribution in [0.2, 0.25) is 0 Å². The van der Waals surface area contributed by atoms with E-state index < -0.39 is 28.8 Å². The van der Waals surface area contributed by atoms with Gasteiger partial charge in [0.2, 0.25) is 0 Å². The molecule has 0 nitrogen and oxygen atoms in total. The molecule has 0 atom stereocenters. The third-order valence-corrected chi connectivity index (χ3v) is 1.92. The van der Waals surface area contributed by atoms with Crippen molar-refractivity contribution in [2.75, 3.05) is 5.88 Å². The van der Waals surface area contributed by atoms with Crippen LogP contribution >= 0.6 is 11.6 Å². The molecule has 0 saturated carbocycles. The van der Waals surface area contributed by atoms with Crippen LogP contribution in [0.5, 0.6) is 0 Å². The molecule has 0 heterocycles. The van der Waals surface area contributed by atoms with Crippen LogP contribution in [-0.4, -0.2) is 5.88 Å². The number of rotatable bonds is 3. The van der Waals surface area contributed by atoms with Crippen molar-refractivity contribution >= 4 is 17.7 Å². The van der Waals surface area contributed by atoms with Gasteiger partial charge in [0.15, 0.2) is 23.3 Å². The first-order valence-electron chi connectivity index (χ1n) is 4.13. The first kappa shape index (κ1) is 12.0. The Hall–Kier alpha value is -1.03. The molecule has 5 heteroatoms. The maximum Gasteiger partial charge on any atom is 0.169 e. The fourth-order valence-electron chi connectivity index (χ4n) is 1.00. The van der Waals surface area contributed by atoms with Crippen LogP contribution < -0.4 is 0 Å². The lowest BCUT2D eigenvalue weighted by Gasteiger charge is -2.01. The van der Waals surface area contributed by atoms with Crippen molar-refractivity contribution in [1.29, 1.82) is 0 Å². The molecule has 0 saturated heterocycles. The monoisotopic (exact) mass is 238 g/mol. The molecule has 0 bridgehead atoms. The highest BCUT2D eigenvalue weighted by Gasteiger charge is 2.16. The molecule has 0 spiro atoms. The van der Waals surface area contributed by atoms with Crippen molar-refractivity contribution in [3.05, 3.63) is 41.0 Å². The molecule has 0 aliphatic heterocycles. The molecule has 0 amide bonds. The van der Waals surface area contributed by atoms with Crippen LogP contribution in [0, 0.1) is 23.3 Å². The average molecular weight is 239 g/mol. The van der Waals surface area contributed by atoms with Gasteiger partial charge >= 0.3 is 0 Å². The third kappa shape index (κ3) is 2.72. The largest absolute Gasteiger partial charge is 0.204 e. The Labute approximate surface area is 89.2 Å². The molecule has 0 aromatic heterocycles. The molecular weight excluding hydrogens is 232 g/mol. The maximum atomic E-state index is 13.0. The molecule has 0 aliphatic rings. The molecule has 1 aromatic rings. The van der Waals surface area contributed by atoms with E-state index in [2.05, 4.69) is 0 Å². The van der Waals surface area contributed by atoms with E-state index in [4.69, 9.17) is 11.6 Å². The first-order chi connectivity index (χ1) is 7.07. The van der Waals surface area contributed by atoms with Crippen LogP contribution in [0.4, 0.5) is 17.6 Å². The number of alkyl halides is 1. The molecule has 0 radical (unpaired) electrons. The summed E-state index contributed by atoms with van der Waals surface area (Å²) in [5.41, 5.74) is -0.724. The van der Waals surface area contributed by atoms with E-state index in [1.54, 1.807) is 0 Å². The van der Waals surface area contributed by atoms with Gasteiger partial charge < -0.3 is 0 Å². The summed E-state index contributed by atoms with van der Waals surface area (Å²) in [6, 6.07) is 0.170. The van der Waals surface area contributed by atoms with Gasteiger partial charge in [0.1, 0.15) is 0 Å². The lowest BCUT2D eigenvalue weighted by Crippen LogP contribution is -1.97. The third-order valence-electron chi connectivity index (χ3n) is 1.71. The quantitative estimate of drug-likeness (QED) is 0.426. The van der Waals surface area contributed by atoms with Gasteiger partial charge in [-0.05, 0) is 6.42 Å². The standard InChI is InChI=1S/C10H7ClF4/c11-4-2-1-3-6-9(14)7(12)5-8(13)10(6)15/h1,3,5H,2,4H2. The molecule has 1 rings (SSSR count). The van der Waals surface area contributed by atoms with Crippen LogP contribution in [0.3, 0.4) is 0 Å². The molecule has 15 heavy (non-hydrogen) atoms. The Morgan fingerprint density at radius 1 is 1.07 bits per heavy atom. The molecule has 0 fully saturated rings. The van der Waals surface area contributed by atoms with Gasteiger partial charge in [0.05, 0.1) is 5.56 Å². The SMILES string of the molecule is Fc1cc(F)c(F)c(C=CCCCl)c1F. The summed E-state index contributed by atoms with van der Waals surface area (Å²) in [5, 5.41) is 0. The highest BCUT2D eigenvalue weighted by molar-refractivity contribution is 6.17. The molecule has 0 N–H and O–H groups in total.